The number of unbranched alkanes of at least 4 members (excludes halogenated alkanes) is 4. The fourth-order valence-corrected chi connectivity index (χ4v) is 10.0. The van der Waals surface area contributed by atoms with Gasteiger partial charge < -0.3 is 63.0 Å². The maximum Gasteiger partial charge on any atom is 0.317 e. The number of carbonyl (C=O) groups excluding carboxylic acids is 8. The summed E-state index contributed by atoms with van der Waals surface area (Å²) in [5.74, 6) is -6.33. The number of fused-ring (bicyclic) bond motifs is 1. The van der Waals surface area contributed by atoms with Gasteiger partial charge in [-0.05, 0) is 99.5 Å². The largest absolute Gasteiger partial charge is 0.508 e. The summed E-state index contributed by atoms with van der Waals surface area (Å²) < 4.78 is 0. The lowest BCUT2D eigenvalue weighted by molar-refractivity contribution is -0.144. The highest BCUT2D eigenvalue weighted by Crippen LogP contribution is 2.21. The van der Waals surface area contributed by atoms with Crippen LogP contribution in [0.5, 0.6) is 5.75 Å². The first-order valence-electron chi connectivity index (χ1n) is 29.3. The summed E-state index contributed by atoms with van der Waals surface area (Å²) in [7, 11) is 3.11. The zero-order chi connectivity index (χ0) is 61.1. The number of carbonyl (C=O) groups is 9. The fourth-order valence-electron chi connectivity index (χ4n) is 10.0. The molecule has 0 aliphatic carbocycles. The van der Waals surface area contributed by atoms with Crippen molar-refractivity contribution in [1.29, 1.82) is 0 Å². The molecule has 6 atom stereocenters. The number of likely N-dealkylation sites (N-methyl/N-ethyl adjacent to an activating group) is 3. The minimum atomic E-state index is -1.40. The second-order valence-corrected chi connectivity index (χ2v) is 22.0. The summed E-state index contributed by atoms with van der Waals surface area (Å²) in [4.78, 5) is 134. The predicted molar refractivity (Wildman–Crippen MR) is 319 cm³/mol. The topological polar surface area (TPSA) is 330 Å². The van der Waals surface area contributed by atoms with Crippen LogP contribution in [0.15, 0.2) is 85.1 Å². The van der Waals surface area contributed by atoms with E-state index in [0.717, 1.165) is 23.7 Å². The number of rotatable bonds is 29. The van der Waals surface area contributed by atoms with Crippen LogP contribution in [0, 0.1) is 5.92 Å². The normalized spacial score (nSPS) is 19.5. The van der Waals surface area contributed by atoms with Crippen molar-refractivity contribution in [3.05, 3.63) is 102 Å². The Balaban J connectivity index is 1.40. The van der Waals surface area contributed by atoms with Crippen LogP contribution in [0.2, 0.25) is 0 Å². The Labute approximate surface area is 492 Å². The molecule has 0 saturated carbocycles. The standard InChI is InChI=1S/C61H88N12O11/c1-6-73(33-32-71(4)39-54(77)78)38-53(76)64-31-17-8-7-16-30-63-52(75)28-27-51-59(82)68-48(34-42-23-25-44(74)26-24-42)57(80)67-49(36-43-37-65-46-21-13-12-20-45(43)46)58(81)66-47(22-14-15-29-62)56(79)70-55(40(2)3)60(83)69-50(61(84)72(51)5)35-41-18-10-9-11-19-41/h9-13,18-21,23-26,37,40,47-51,55,65,74H,6-8,14-17,22,27-36,38-39,62H2,1-5H3,(H,63,75)(H,64,76)(H,66,81)(H,67,80)(H,68,82)(H,69,83)(H,70,79)(H,77,78)/t47-,48-,49+,50-,51-,55-/m0/s1. The molecule has 1 aliphatic heterocycles. The first-order valence-corrected chi connectivity index (χ1v) is 29.3. The summed E-state index contributed by atoms with van der Waals surface area (Å²) in [5, 5.41) is 40.1. The molecular formula is C61H88N12O11. The number of H-pyrrole nitrogens is 1. The molecule has 0 spiro atoms. The molecule has 12 N–H and O–H groups in total. The number of aliphatic carboxylic acids is 1. The van der Waals surface area contributed by atoms with Crippen LogP contribution in [0.1, 0.15) is 95.2 Å². The van der Waals surface area contributed by atoms with Crippen LogP contribution < -0.4 is 43.0 Å². The number of nitrogens with zero attached hydrogens (tertiary/aromatic N) is 3. The van der Waals surface area contributed by atoms with Gasteiger partial charge in [-0.15, -0.1) is 0 Å². The predicted octanol–water partition coefficient (Wildman–Crippen LogP) is 1.86. The van der Waals surface area contributed by atoms with E-state index in [1.807, 2.05) is 36.1 Å². The number of nitrogens with one attached hydrogen (secondary N) is 8. The van der Waals surface area contributed by atoms with E-state index in [1.54, 1.807) is 74.5 Å². The number of hydrogen-bond donors (Lipinski definition) is 11. The minimum Gasteiger partial charge on any atom is -0.508 e. The molecule has 23 nitrogen and oxygen atoms in total. The molecule has 458 valence electrons. The molecule has 0 unspecified atom stereocenters. The Morgan fingerprint density at radius 2 is 1.23 bits per heavy atom. The first kappa shape index (κ1) is 66.9. The van der Waals surface area contributed by atoms with E-state index < -0.39 is 89.5 Å². The molecule has 1 aromatic heterocycles. The van der Waals surface area contributed by atoms with Gasteiger partial charge in [-0.2, -0.15) is 0 Å². The summed E-state index contributed by atoms with van der Waals surface area (Å²) in [6.45, 7) is 8.31. The van der Waals surface area contributed by atoms with Crippen molar-refractivity contribution >= 4 is 64.1 Å². The first-order chi connectivity index (χ1) is 40.3. The third-order valence-electron chi connectivity index (χ3n) is 15.0. The molecule has 23 heteroatoms. The maximum atomic E-state index is 15.1. The van der Waals surface area contributed by atoms with Gasteiger partial charge in [-0.1, -0.05) is 94.3 Å². The zero-order valence-electron chi connectivity index (χ0n) is 49.3. The van der Waals surface area contributed by atoms with E-state index in [9.17, 15) is 38.7 Å². The van der Waals surface area contributed by atoms with Crippen molar-refractivity contribution < 1.29 is 53.4 Å². The van der Waals surface area contributed by atoms with Gasteiger partial charge in [0.2, 0.25) is 47.3 Å². The summed E-state index contributed by atoms with van der Waals surface area (Å²) in [6.07, 6.45) is 5.02. The van der Waals surface area contributed by atoms with Crippen molar-refractivity contribution in [2.45, 2.75) is 134 Å². The second kappa shape index (κ2) is 34.7. The zero-order valence-corrected chi connectivity index (χ0v) is 49.3. The SMILES string of the molecule is CCN(CCN(C)CC(=O)O)CC(=O)NCCCCCCNC(=O)CC[C@H]1C(=O)N[C@@H](Cc2ccc(O)cc2)C(=O)N[C@H](Cc2c[nH]c3ccccc23)C(=O)N[C@@H](CCCCN)C(=O)N[C@@H](C(C)C)C(=O)N[C@@H](Cc2ccccc2)C(=O)N1C. The highest BCUT2D eigenvalue weighted by molar-refractivity contribution is 5.99. The van der Waals surface area contributed by atoms with Gasteiger partial charge >= 0.3 is 5.97 Å². The van der Waals surface area contributed by atoms with Crippen LogP contribution in [0.4, 0.5) is 0 Å². The third kappa shape index (κ3) is 22.0. The van der Waals surface area contributed by atoms with Gasteiger partial charge in [0.05, 0.1) is 13.1 Å². The molecule has 8 amide bonds. The molecule has 5 rings (SSSR count). The van der Waals surface area contributed by atoms with Crippen LogP contribution in [0.25, 0.3) is 10.9 Å². The average molecular weight is 1170 g/mol. The highest BCUT2D eigenvalue weighted by Gasteiger charge is 2.38. The van der Waals surface area contributed by atoms with Gasteiger partial charge in [0.1, 0.15) is 42.0 Å². The molecule has 0 bridgehead atoms. The molecular weight excluding hydrogens is 1080 g/mol. The lowest BCUT2D eigenvalue weighted by atomic mass is 9.98. The Morgan fingerprint density at radius 1 is 0.643 bits per heavy atom. The van der Waals surface area contributed by atoms with Crippen molar-refractivity contribution in [3.8, 4) is 5.75 Å². The number of aromatic amines is 1. The van der Waals surface area contributed by atoms with Gasteiger partial charge in [-0.3, -0.25) is 53.0 Å². The van der Waals surface area contributed by atoms with E-state index in [4.69, 9.17) is 10.8 Å². The van der Waals surface area contributed by atoms with Crippen molar-refractivity contribution in [3.63, 3.8) is 0 Å². The average Bonchev–Trinajstić information content (AvgIpc) is 4.11. The Morgan fingerprint density at radius 3 is 1.88 bits per heavy atom. The van der Waals surface area contributed by atoms with E-state index in [-0.39, 0.29) is 63.3 Å². The summed E-state index contributed by atoms with van der Waals surface area (Å²) >= 11 is 0. The van der Waals surface area contributed by atoms with Crippen molar-refractivity contribution in [2.24, 2.45) is 11.7 Å². The number of aromatic hydroxyl groups is 1. The highest BCUT2D eigenvalue weighted by atomic mass is 16.4. The maximum absolute atomic E-state index is 15.1. The van der Waals surface area contributed by atoms with E-state index in [2.05, 4.69) is 42.2 Å². The quantitative estimate of drug-likeness (QED) is 0.0346. The fraction of sp³-hybridized carbons (Fsp3) is 0.525. The Hall–Kier alpha value is -7.89. The van der Waals surface area contributed by atoms with Crippen molar-refractivity contribution in [2.75, 3.05) is 66.5 Å². The number of hydrogen-bond acceptors (Lipinski definition) is 13. The molecule has 1 fully saturated rings. The molecule has 3 aromatic carbocycles. The number of amides is 8. The second-order valence-electron chi connectivity index (χ2n) is 22.0. The van der Waals surface area contributed by atoms with E-state index in [0.29, 0.717) is 81.6 Å². The number of nitrogens with two attached hydrogens (primary N) is 1. The summed E-state index contributed by atoms with van der Waals surface area (Å²) in [5.41, 5.74) is 8.50. The van der Waals surface area contributed by atoms with Crippen LogP contribution >= 0.6 is 0 Å². The lowest BCUT2D eigenvalue weighted by Gasteiger charge is -2.33. The van der Waals surface area contributed by atoms with Gasteiger partial charge in [-0.25, -0.2) is 0 Å². The molecule has 2 heterocycles. The number of carboxylic acid groups (broad SMARTS) is 1. The Kier molecular flexibility index (Phi) is 27.6. The summed E-state index contributed by atoms with van der Waals surface area (Å²) in [6, 6.07) is 14.5. The number of benzene rings is 3. The van der Waals surface area contributed by atoms with E-state index >= 15 is 9.59 Å². The monoisotopic (exact) mass is 1160 g/mol. The number of carboxylic acids is 1. The van der Waals surface area contributed by atoms with Gasteiger partial charge in [0.15, 0.2) is 0 Å². The molecule has 0 radical (unpaired) electrons. The number of para-hydroxylation sites is 1. The number of phenolic OH excluding ortho intramolecular Hbond substituents is 1. The van der Waals surface area contributed by atoms with Crippen molar-refractivity contribution in [1.82, 2.24) is 56.9 Å². The minimum absolute atomic E-state index is 0.0236. The van der Waals surface area contributed by atoms with Gasteiger partial charge in [0, 0.05) is 76.0 Å². The smallest absolute Gasteiger partial charge is 0.317 e. The van der Waals surface area contributed by atoms with Gasteiger partial charge in [0.25, 0.3) is 0 Å². The molecule has 1 aliphatic rings. The number of aromatic nitrogens is 1. The third-order valence-corrected chi connectivity index (χ3v) is 15.0. The van der Waals surface area contributed by atoms with E-state index in [1.165, 1.54) is 24.1 Å². The number of phenols is 1. The van der Waals surface area contributed by atoms with Crippen LogP contribution in [-0.4, -0.2) is 186 Å². The lowest BCUT2D eigenvalue weighted by Crippen LogP contribution is -2.62. The van der Waals surface area contributed by atoms with Crippen LogP contribution in [0.3, 0.4) is 0 Å². The molecule has 1 saturated heterocycles. The van der Waals surface area contributed by atoms with Crippen LogP contribution in [-0.2, 0) is 62.4 Å². The molecule has 4 aromatic rings. The Bertz CT molecular complexity index is 2790. The molecule has 84 heavy (non-hydrogen) atoms.